The molecular weight excluding hydrogens is 430 g/mol. The molecule has 3 aromatic carbocycles. The molecule has 32 heavy (non-hydrogen) atoms. The van der Waals surface area contributed by atoms with Gasteiger partial charge in [0.2, 0.25) is 0 Å². The Labute approximate surface area is 192 Å². The van der Waals surface area contributed by atoms with Gasteiger partial charge in [0.05, 0.1) is 13.2 Å². The van der Waals surface area contributed by atoms with Crippen molar-refractivity contribution < 1.29 is 24.2 Å². The molecule has 0 saturated heterocycles. The van der Waals surface area contributed by atoms with Crippen molar-refractivity contribution in [3.05, 3.63) is 94.5 Å². The molecule has 7 heteroatoms. The van der Waals surface area contributed by atoms with Crippen LogP contribution in [0.4, 0.5) is 0 Å². The first-order chi connectivity index (χ1) is 15.4. The van der Waals surface area contributed by atoms with E-state index in [2.05, 4.69) is 0 Å². The number of rotatable bonds is 9. The van der Waals surface area contributed by atoms with Crippen LogP contribution in [-0.4, -0.2) is 35.6 Å². The number of hydrogen-bond acceptors (Lipinski definition) is 4. The molecule has 0 bridgehead atoms. The fraction of sp³-hybridized carbons (Fsp3) is 0.200. The molecule has 6 nitrogen and oxygen atoms in total. The lowest BCUT2D eigenvalue weighted by Gasteiger charge is -2.30. The molecule has 0 saturated carbocycles. The molecule has 0 unspecified atom stereocenters. The number of amides is 1. The van der Waals surface area contributed by atoms with Gasteiger partial charge >= 0.3 is 5.97 Å². The summed E-state index contributed by atoms with van der Waals surface area (Å²) in [5, 5.41) is 10.0. The summed E-state index contributed by atoms with van der Waals surface area (Å²) in [6.07, 6.45) is 0. The lowest BCUT2D eigenvalue weighted by Crippen LogP contribution is -2.36. The SMILES string of the molecule is COc1cccc(C(=O)O)c1OCC(=O)N(Cc1ccccc1Cl)[C@H](C)c1ccccc1. The molecule has 0 fully saturated rings. The van der Waals surface area contributed by atoms with E-state index in [1.165, 1.54) is 13.2 Å². The molecule has 1 N–H and O–H groups in total. The van der Waals surface area contributed by atoms with E-state index in [0.717, 1.165) is 11.1 Å². The van der Waals surface area contributed by atoms with E-state index in [1.54, 1.807) is 23.1 Å². The number of halogens is 1. The average molecular weight is 454 g/mol. The highest BCUT2D eigenvalue weighted by molar-refractivity contribution is 6.31. The van der Waals surface area contributed by atoms with Crippen LogP contribution in [0.15, 0.2) is 72.8 Å². The number of carboxylic acids is 1. The highest BCUT2D eigenvalue weighted by Crippen LogP contribution is 2.32. The third-order valence-electron chi connectivity index (χ3n) is 5.14. The topological polar surface area (TPSA) is 76.1 Å². The second kappa shape index (κ2) is 10.7. The first-order valence-corrected chi connectivity index (χ1v) is 10.4. The Balaban J connectivity index is 1.88. The summed E-state index contributed by atoms with van der Waals surface area (Å²) >= 11 is 6.34. The van der Waals surface area contributed by atoms with Crippen molar-refractivity contribution >= 4 is 23.5 Å². The van der Waals surface area contributed by atoms with Crippen LogP contribution in [-0.2, 0) is 11.3 Å². The first-order valence-electron chi connectivity index (χ1n) is 10.0. The maximum Gasteiger partial charge on any atom is 0.339 e. The molecule has 1 amide bonds. The lowest BCUT2D eigenvalue weighted by atomic mass is 10.1. The van der Waals surface area contributed by atoms with Gasteiger partial charge in [-0.15, -0.1) is 0 Å². The number of para-hydroxylation sites is 1. The van der Waals surface area contributed by atoms with E-state index in [4.69, 9.17) is 21.1 Å². The van der Waals surface area contributed by atoms with Gasteiger partial charge in [-0.2, -0.15) is 0 Å². The highest BCUT2D eigenvalue weighted by Gasteiger charge is 2.25. The molecule has 0 spiro atoms. The van der Waals surface area contributed by atoms with E-state index in [1.807, 2.05) is 55.5 Å². The molecule has 0 aliphatic heterocycles. The largest absolute Gasteiger partial charge is 0.493 e. The number of ether oxygens (including phenoxy) is 2. The van der Waals surface area contributed by atoms with E-state index >= 15 is 0 Å². The first kappa shape index (κ1) is 23.2. The van der Waals surface area contributed by atoms with Crippen molar-refractivity contribution in [2.45, 2.75) is 19.5 Å². The summed E-state index contributed by atoms with van der Waals surface area (Å²) in [6, 6.07) is 21.2. The zero-order valence-electron chi connectivity index (χ0n) is 17.8. The van der Waals surface area contributed by atoms with Gasteiger partial charge in [0.25, 0.3) is 5.91 Å². The van der Waals surface area contributed by atoms with Crippen LogP contribution in [0.25, 0.3) is 0 Å². The minimum atomic E-state index is -1.17. The molecule has 3 aromatic rings. The Morgan fingerprint density at radius 3 is 2.34 bits per heavy atom. The smallest absolute Gasteiger partial charge is 0.339 e. The van der Waals surface area contributed by atoms with Gasteiger partial charge in [-0.25, -0.2) is 4.79 Å². The number of aromatic carboxylic acids is 1. The van der Waals surface area contributed by atoms with Gasteiger partial charge in [-0.3, -0.25) is 4.79 Å². The Kier molecular flexibility index (Phi) is 7.73. The monoisotopic (exact) mass is 453 g/mol. The minimum absolute atomic E-state index is 0.0147. The zero-order valence-corrected chi connectivity index (χ0v) is 18.6. The van der Waals surface area contributed by atoms with Gasteiger partial charge < -0.3 is 19.5 Å². The second-order valence-electron chi connectivity index (χ2n) is 7.13. The Morgan fingerprint density at radius 1 is 1.00 bits per heavy atom. The summed E-state index contributed by atoms with van der Waals surface area (Å²) in [6.45, 7) is 1.84. The number of methoxy groups -OCH3 is 1. The lowest BCUT2D eigenvalue weighted by molar-refractivity contribution is -0.136. The molecule has 3 rings (SSSR count). The van der Waals surface area contributed by atoms with Crippen LogP contribution < -0.4 is 9.47 Å². The van der Waals surface area contributed by atoms with Crippen molar-refractivity contribution in [1.82, 2.24) is 4.90 Å². The predicted octanol–water partition coefficient (Wildman–Crippen LogP) is 5.22. The summed E-state index contributed by atoms with van der Waals surface area (Å²) in [4.78, 5) is 26.6. The third-order valence-corrected chi connectivity index (χ3v) is 5.51. The molecule has 0 aliphatic rings. The predicted molar refractivity (Wildman–Crippen MR) is 122 cm³/mol. The van der Waals surface area contributed by atoms with E-state index in [0.29, 0.717) is 5.02 Å². The van der Waals surface area contributed by atoms with Gasteiger partial charge in [-0.05, 0) is 36.2 Å². The number of carbonyl (C=O) groups excluding carboxylic acids is 1. The molecule has 166 valence electrons. The standard InChI is InChI=1S/C25H24ClNO5/c1-17(18-9-4-3-5-10-18)27(15-19-11-6-7-13-21(19)26)23(28)16-32-24-20(25(29)30)12-8-14-22(24)31-2/h3-14,17H,15-16H2,1-2H3,(H,29,30)/t17-/m1/s1. The number of carboxylic acid groups (broad SMARTS) is 1. The summed E-state index contributed by atoms with van der Waals surface area (Å²) in [5.41, 5.74) is 1.68. The maximum atomic E-state index is 13.3. The number of nitrogens with zero attached hydrogens (tertiary/aromatic N) is 1. The molecule has 0 heterocycles. The van der Waals surface area contributed by atoms with Crippen molar-refractivity contribution in [3.8, 4) is 11.5 Å². The van der Waals surface area contributed by atoms with Crippen LogP contribution in [0, 0.1) is 0 Å². The fourth-order valence-electron chi connectivity index (χ4n) is 3.37. The van der Waals surface area contributed by atoms with E-state index in [9.17, 15) is 14.7 Å². The third kappa shape index (κ3) is 5.39. The van der Waals surface area contributed by atoms with Crippen LogP contribution in [0.1, 0.15) is 34.5 Å². The Hall–Kier alpha value is -3.51. The van der Waals surface area contributed by atoms with Crippen molar-refractivity contribution in [1.29, 1.82) is 0 Å². The quantitative estimate of drug-likeness (QED) is 0.481. The van der Waals surface area contributed by atoms with Gasteiger partial charge in [-0.1, -0.05) is 66.2 Å². The average Bonchev–Trinajstić information content (AvgIpc) is 2.81. The fourth-order valence-corrected chi connectivity index (χ4v) is 3.57. The van der Waals surface area contributed by atoms with Gasteiger partial charge in [0, 0.05) is 11.6 Å². The number of carbonyl (C=O) groups is 2. The highest BCUT2D eigenvalue weighted by atomic mass is 35.5. The van der Waals surface area contributed by atoms with Crippen LogP contribution >= 0.6 is 11.6 Å². The molecule has 0 radical (unpaired) electrons. The van der Waals surface area contributed by atoms with Crippen LogP contribution in [0.3, 0.4) is 0 Å². The number of hydrogen-bond donors (Lipinski definition) is 1. The van der Waals surface area contributed by atoms with Gasteiger partial charge in [0.15, 0.2) is 18.1 Å². The summed E-state index contributed by atoms with van der Waals surface area (Å²) in [7, 11) is 1.41. The van der Waals surface area contributed by atoms with Crippen molar-refractivity contribution in [3.63, 3.8) is 0 Å². The normalized spacial score (nSPS) is 11.5. The van der Waals surface area contributed by atoms with E-state index in [-0.39, 0.29) is 42.2 Å². The van der Waals surface area contributed by atoms with E-state index < -0.39 is 5.97 Å². The maximum absolute atomic E-state index is 13.3. The van der Waals surface area contributed by atoms with Crippen LogP contribution in [0.2, 0.25) is 5.02 Å². The molecule has 0 aromatic heterocycles. The van der Waals surface area contributed by atoms with Crippen molar-refractivity contribution in [2.75, 3.05) is 13.7 Å². The van der Waals surface area contributed by atoms with Crippen molar-refractivity contribution in [2.24, 2.45) is 0 Å². The minimum Gasteiger partial charge on any atom is -0.493 e. The summed E-state index contributed by atoms with van der Waals surface area (Å²) in [5.74, 6) is -1.23. The van der Waals surface area contributed by atoms with Crippen LogP contribution in [0.5, 0.6) is 11.5 Å². The van der Waals surface area contributed by atoms with Gasteiger partial charge in [0.1, 0.15) is 5.56 Å². The number of benzene rings is 3. The Morgan fingerprint density at radius 2 is 1.69 bits per heavy atom. The molecule has 1 atom stereocenters. The molecular formula is C25H24ClNO5. The summed E-state index contributed by atoms with van der Waals surface area (Å²) < 4.78 is 10.9. The molecule has 0 aliphatic carbocycles. The zero-order chi connectivity index (χ0) is 23.1. The Bertz CT molecular complexity index is 1090. The second-order valence-corrected chi connectivity index (χ2v) is 7.54.